The molecule has 0 N–H and O–H groups in total. The van der Waals surface area contributed by atoms with E-state index in [9.17, 15) is 9.18 Å². The van der Waals surface area contributed by atoms with Crippen LogP contribution in [0.5, 0.6) is 0 Å². The summed E-state index contributed by atoms with van der Waals surface area (Å²) in [4.78, 5) is 17.6. The SMILES string of the molecule is CCCCCn1c2c(c(=O)n3c(Cc4cccc(F)c4)nnc13)CC(Br)=N2. The van der Waals surface area contributed by atoms with Crippen LogP contribution in [0, 0.1) is 5.82 Å². The Morgan fingerprint density at radius 2 is 2.11 bits per heavy atom. The molecule has 140 valence electrons. The van der Waals surface area contributed by atoms with Gasteiger partial charge in [0.2, 0.25) is 5.78 Å². The average molecular weight is 432 g/mol. The summed E-state index contributed by atoms with van der Waals surface area (Å²) in [5.41, 5.74) is 1.24. The largest absolute Gasteiger partial charge is 0.294 e. The Balaban J connectivity index is 1.84. The van der Waals surface area contributed by atoms with Gasteiger partial charge in [0.05, 0.1) is 10.2 Å². The molecule has 0 radical (unpaired) electrons. The van der Waals surface area contributed by atoms with Gasteiger partial charge in [0.1, 0.15) is 17.5 Å². The molecule has 3 aromatic rings. The fourth-order valence-corrected chi connectivity index (χ4v) is 3.88. The highest BCUT2D eigenvalue weighted by Crippen LogP contribution is 2.28. The van der Waals surface area contributed by atoms with Gasteiger partial charge >= 0.3 is 0 Å². The first-order valence-corrected chi connectivity index (χ1v) is 9.85. The van der Waals surface area contributed by atoms with Crippen LogP contribution in [0.15, 0.2) is 34.1 Å². The van der Waals surface area contributed by atoms with Crippen LogP contribution in [-0.4, -0.2) is 23.8 Å². The van der Waals surface area contributed by atoms with Gasteiger partial charge in [-0.05, 0) is 40.0 Å². The van der Waals surface area contributed by atoms with Crippen LogP contribution in [0.2, 0.25) is 0 Å². The smallest absolute Gasteiger partial charge is 0.266 e. The van der Waals surface area contributed by atoms with Gasteiger partial charge in [0.15, 0.2) is 0 Å². The fraction of sp³-hybridized carbons (Fsp3) is 0.368. The van der Waals surface area contributed by atoms with Crippen molar-refractivity contribution in [3.63, 3.8) is 0 Å². The van der Waals surface area contributed by atoms with Crippen molar-refractivity contribution in [1.82, 2.24) is 19.2 Å². The molecule has 3 heterocycles. The van der Waals surface area contributed by atoms with Gasteiger partial charge in [-0.3, -0.25) is 9.36 Å². The molecule has 0 saturated heterocycles. The highest BCUT2D eigenvalue weighted by Gasteiger charge is 2.25. The molecule has 0 atom stereocenters. The number of benzene rings is 1. The zero-order valence-electron chi connectivity index (χ0n) is 15.0. The van der Waals surface area contributed by atoms with Crippen LogP contribution < -0.4 is 5.56 Å². The monoisotopic (exact) mass is 431 g/mol. The van der Waals surface area contributed by atoms with Crippen LogP contribution in [0.1, 0.15) is 43.1 Å². The molecule has 0 unspecified atom stereocenters. The highest BCUT2D eigenvalue weighted by molar-refractivity contribution is 9.18. The lowest BCUT2D eigenvalue weighted by molar-refractivity contribution is 0.602. The summed E-state index contributed by atoms with van der Waals surface area (Å²) in [6, 6.07) is 6.32. The lowest BCUT2D eigenvalue weighted by Crippen LogP contribution is -2.23. The molecule has 0 fully saturated rings. The number of hydrogen-bond donors (Lipinski definition) is 0. The molecule has 0 spiro atoms. The summed E-state index contributed by atoms with van der Waals surface area (Å²) in [5, 5.41) is 8.52. The predicted octanol–water partition coefficient (Wildman–Crippen LogP) is 3.79. The minimum absolute atomic E-state index is 0.152. The summed E-state index contributed by atoms with van der Waals surface area (Å²) in [6.45, 7) is 2.87. The highest BCUT2D eigenvalue weighted by atomic mass is 79.9. The Hall–Kier alpha value is -2.35. The van der Waals surface area contributed by atoms with Crippen molar-refractivity contribution in [2.75, 3.05) is 0 Å². The van der Waals surface area contributed by atoms with E-state index in [-0.39, 0.29) is 11.4 Å². The van der Waals surface area contributed by atoms with Gasteiger partial charge < -0.3 is 0 Å². The number of rotatable bonds is 6. The van der Waals surface area contributed by atoms with Crippen molar-refractivity contribution in [3.05, 3.63) is 57.4 Å². The molecule has 0 saturated carbocycles. The zero-order chi connectivity index (χ0) is 19.0. The summed E-state index contributed by atoms with van der Waals surface area (Å²) in [5.74, 6) is 1.36. The van der Waals surface area contributed by atoms with Gasteiger partial charge in [-0.25, -0.2) is 13.8 Å². The third kappa shape index (κ3) is 3.34. The number of aliphatic imine (C=N–C) groups is 1. The maximum atomic E-state index is 13.5. The van der Waals surface area contributed by atoms with E-state index in [1.54, 1.807) is 10.5 Å². The van der Waals surface area contributed by atoms with Crippen molar-refractivity contribution in [3.8, 4) is 0 Å². The second-order valence-electron chi connectivity index (χ2n) is 6.69. The van der Waals surface area contributed by atoms with E-state index >= 15 is 0 Å². The molecule has 1 aliphatic heterocycles. The van der Waals surface area contributed by atoms with E-state index in [0.29, 0.717) is 35.8 Å². The van der Waals surface area contributed by atoms with Gasteiger partial charge in [-0.1, -0.05) is 31.9 Å². The first-order valence-electron chi connectivity index (χ1n) is 9.05. The van der Waals surface area contributed by atoms with Crippen molar-refractivity contribution in [2.24, 2.45) is 4.99 Å². The minimum atomic E-state index is -0.309. The van der Waals surface area contributed by atoms with Crippen molar-refractivity contribution in [1.29, 1.82) is 0 Å². The lowest BCUT2D eigenvalue weighted by atomic mass is 10.1. The molecule has 1 aromatic carbocycles. The molecule has 4 rings (SSSR count). The molecule has 6 nitrogen and oxygen atoms in total. The number of aromatic nitrogens is 4. The molecule has 8 heteroatoms. The summed E-state index contributed by atoms with van der Waals surface area (Å²) in [6.07, 6.45) is 3.96. The van der Waals surface area contributed by atoms with Gasteiger partial charge in [-0.15, -0.1) is 10.2 Å². The van der Waals surface area contributed by atoms with Crippen molar-refractivity contribution >= 4 is 32.1 Å². The molecule has 27 heavy (non-hydrogen) atoms. The number of aryl methyl sites for hydroxylation is 1. The zero-order valence-corrected chi connectivity index (χ0v) is 16.5. The van der Waals surface area contributed by atoms with Crippen LogP contribution in [0.3, 0.4) is 0 Å². The maximum Gasteiger partial charge on any atom is 0.266 e. The first kappa shape index (κ1) is 18.0. The van der Waals surface area contributed by atoms with Gasteiger partial charge in [-0.2, -0.15) is 0 Å². The number of fused-ring (bicyclic) bond motifs is 2. The van der Waals surface area contributed by atoms with Gasteiger partial charge in [0.25, 0.3) is 5.56 Å². The third-order valence-corrected chi connectivity index (χ3v) is 5.19. The number of nitrogens with zero attached hydrogens (tertiary/aromatic N) is 5. The second kappa shape index (κ2) is 7.34. The normalized spacial score (nSPS) is 13.2. The van der Waals surface area contributed by atoms with Crippen LogP contribution in [0.4, 0.5) is 10.2 Å². The summed E-state index contributed by atoms with van der Waals surface area (Å²) in [7, 11) is 0. The number of halogens is 2. The Kier molecular flexibility index (Phi) is 4.90. The van der Waals surface area contributed by atoms with Crippen LogP contribution >= 0.6 is 15.9 Å². The van der Waals surface area contributed by atoms with Crippen LogP contribution in [-0.2, 0) is 19.4 Å². The van der Waals surface area contributed by atoms with E-state index in [1.807, 2.05) is 10.6 Å². The van der Waals surface area contributed by atoms with E-state index in [2.05, 4.69) is 38.0 Å². The van der Waals surface area contributed by atoms with E-state index in [1.165, 1.54) is 12.1 Å². The molecule has 1 aliphatic rings. The Bertz CT molecular complexity index is 1100. The van der Waals surface area contributed by atoms with Crippen LogP contribution in [0.25, 0.3) is 5.78 Å². The lowest BCUT2D eigenvalue weighted by Gasteiger charge is -2.12. The van der Waals surface area contributed by atoms with Gasteiger partial charge in [0, 0.05) is 19.4 Å². The fourth-order valence-electron chi connectivity index (χ4n) is 3.43. The quantitative estimate of drug-likeness (QED) is 0.557. The average Bonchev–Trinajstić information content (AvgIpc) is 3.22. The molecule has 0 amide bonds. The van der Waals surface area contributed by atoms with E-state index in [4.69, 9.17) is 0 Å². The molecular formula is C19H19BrFN5O. The molecular weight excluding hydrogens is 413 g/mol. The van der Waals surface area contributed by atoms with E-state index in [0.717, 1.165) is 36.0 Å². The third-order valence-electron chi connectivity index (χ3n) is 4.73. The van der Waals surface area contributed by atoms with E-state index < -0.39 is 0 Å². The predicted molar refractivity (Wildman–Crippen MR) is 106 cm³/mol. The first-order chi connectivity index (χ1) is 13.1. The maximum absolute atomic E-state index is 13.5. The summed E-state index contributed by atoms with van der Waals surface area (Å²) >= 11 is 3.42. The number of hydrogen-bond acceptors (Lipinski definition) is 4. The number of unbranched alkanes of at least 4 members (excludes halogenated alkanes) is 2. The Morgan fingerprint density at radius 1 is 1.26 bits per heavy atom. The Morgan fingerprint density at radius 3 is 2.89 bits per heavy atom. The van der Waals surface area contributed by atoms with Crippen molar-refractivity contribution < 1.29 is 4.39 Å². The van der Waals surface area contributed by atoms with Crippen molar-refractivity contribution in [2.45, 2.75) is 45.6 Å². The minimum Gasteiger partial charge on any atom is -0.294 e. The Labute approximate surface area is 163 Å². The second-order valence-corrected chi connectivity index (χ2v) is 7.60. The standard InChI is InChI=1S/C19H19BrFN5O/c1-2-3-4-8-25-17-14(11-15(20)22-17)18(27)26-16(23-24-19(25)26)10-12-6-5-7-13(21)9-12/h5-7,9H,2-4,8,10-11H2,1H3. The molecule has 2 aromatic heterocycles. The topological polar surface area (TPSA) is 64.5 Å². The molecule has 0 aliphatic carbocycles. The summed E-state index contributed by atoms with van der Waals surface area (Å²) < 4.78 is 17.8. The molecule has 0 bridgehead atoms.